The van der Waals surface area contributed by atoms with Gasteiger partial charge < -0.3 is 10.3 Å². The van der Waals surface area contributed by atoms with E-state index in [1.165, 1.54) is 0 Å². The second-order valence-corrected chi connectivity index (χ2v) is 6.08. The van der Waals surface area contributed by atoms with Gasteiger partial charge in [0.15, 0.2) is 0 Å². The molecule has 23 heavy (non-hydrogen) atoms. The van der Waals surface area contributed by atoms with Gasteiger partial charge in [0.1, 0.15) is 4.88 Å². The predicted molar refractivity (Wildman–Crippen MR) is 91.2 cm³/mol. The molecule has 0 saturated heterocycles. The highest BCUT2D eigenvalue weighted by Crippen LogP contribution is 2.21. The lowest BCUT2D eigenvalue weighted by atomic mass is 10.1. The molecule has 0 spiro atoms. The Kier molecular flexibility index (Phi) is 4.20. The van der Waals surface area contributed by atoms with Gasteiger partial charge in [-0.1, -0.05) is 23.9 Å². The highest BCUT2D eigenvalue weighted by atomic mass is 32.1. The van der Waals surface area contributed by atoms with Crippen molar-refractivity contribution in [1.29, 1.82) is 0 Å². The van der Waals surface area contributed by atoms with Gasteiger partial charge in [0.05, 0.1) is 11.2 Å². The van der Waals surface area contributed by atoms with E-state index in [2.05, 4.69) is 19.9 Å². The SMILES string of the molecule is CCCc1nnsc1C(=O)Nc1ccc2c(C)cc(=O)[nH]c2c1. The highest BCUT2D eigenvalue weighted by molar-refractivity contribution is 7.08. The number of fused-ring (bicyclic) bond motifs is 1. The van der Waals surface area contributed by atoms with Crippen molar-refractivity contribution < 1.29 is 4.79 Å². The summed E-state index contributed by atoms with van der Waals surface area (Å²) in [4.78, 5) is 27.3. The number of aryl methyl sites for hydroxylation is 2. The fourth-order valence-corrected chi connectivity index (χ4v) is 3.09. The van der Waals surface area contributed by atoms with E-state index in [0.717, 1.165) is 41.0 Å². The molecule has 0 unspecified atom stereocenters. The second kappa shape index (κ2) is 6.29. The maximum Gasteiger partial charge on any atom is 0.269 e. The van der Waals surface area contributed by atoms with Gasteiger partial charge >= 0.3 is 0 Å². The quantitative estimate of drug-likeness (QED) is 0.771. The molecule has 0 radical (unpaired) electrons. The molecule has 2 N–H and O–H groups in total. The molecular weight excluding hydrogens is 312 g/mol. The maximum absolute atomic E-state index is 12.4. The van der Waals surface area contributed by atoms with Crippen LogP contribution in [0, 0.1) is 6.92 Å². The van der Waals surface area contributed by atoms with Crippen molar-refractivity contribution in [2.24, 2.45) is 0 Å². The summed E-state index contributed by atoms with van der Waals surface area (Å²) >= 11 is 1.09. The van der Waals surface area contributed by atoms with Crippen LogP contribution < -0.4 is 10.9 Å². The number of nitrogens with zero attached hydrogens (tertiary/aromatic N) is 2. The Labute approximate surface area is 136 Å². The van der Waals surface area contributed by atoms with Crippen molar-refractivity contribution in [1.82, 2.24) is 14.6 Å². The largest absolute Gasteiger partial charge is 0.322 e. The third-order valence-corrected chi connectivity index (χ3v) is 4.32. The van der Waals surface area contributed by atoms with E-state index in [-0.39, 0.29) is 11.5 Å². The summed E-state index contributed by atoms with van der Waals surface area (Å²) in [6, 6.07) is 7.02. The molecular formula is C16H16N4O2S. The molecule has 0 aliphatic heterocycles. The molecule has 0 aliphatic carbocycles. The number of anilines is 1. The predicted octanol–water partition coefficient (Wildman–Crippen LogP) is 2.89. The number of nitrogens with one attached hydrogen (secondary N) is 2. The van der Waals surface area contributed by atoms with Crippen LogP contribution in [0.5, 0.6) is 0 Å². The molecule has 1 amide bonds. The number of amides is 1. The lowest BCUT2D eigenvalue weighted by molar-refractivity contribution is 0.102. The molecule has 0 fully saturated rings. The number of benzene rings is 1. The van der Waals surface area contributed by atoms with Gasteiger partial charge in [0.25, 0.3) is 5.91 Å². The first-order valence-electron chi connectivity index (χ1n) is 7.34. The van der Waals surface area contributed by atoms with E-state index in [4.69, 9.17) is 0 Å². The Balaban J connectivity index is 1.90. The van der Waals surface area contributed by atoms with Crippen LogP contribution in [0.3, 0.4) is 0 Å². The fourth-order valence-electron chi connectivity index (χ4n) is 2.48. The van der Waals surface area contributed by atoms with Gasteiger partial charge in [0, 0.05) is 17.1 Å². The zero-order valence-corrected chi connectivity index (χ0v) is 13.7. The summed E-state index contributed by atoms with van der Waals surface area (Å²) in [5, 5.41) is 7.80. The van der Waals surface area contributed by atoms with Gasteiger partial charge in [-0.05, 0) is 42.6 Å². The Morgan fingerprint density at radius 3 is 2.96 bits per heavy atom. The van der Waals surface area contributed by atoms with Gasteiger partial charge in [-0.2, -0.15) is 0 Å². The molecule has 0 atom stereocenters. The van der Waals surface area contributed by atoms with E-state index in [0.29, 0.717) is 16.1 Å². The Bertz CT molecular complexity index is 929. The highest BCUT2D eigenvalue weighted by Gasteiger charge is 2.16. The maximum atomic E-state index is 12.4. The number of hydrogen-bond donors (Lipinski definition) is 2. The summed E-state index contributed by atoms with van der Waals surface area (Å²) in [5.41, 5.74) is 2.79. The smallest absolute Gasteiger partial charge is 0.269 e. The molecule has 118 valence electrons. The molecule has 0 saturated carbocycles. The van der Waals surface area contributed by atoms with Crippen LogP contribution >= 0.6 is 11.5 Å². The van der Waals surface area contributed by atoms with Crippen LogP contribution in [0.25, 0.3) is 10.9 Å². The van der Waals surface area contributed by atoms with Crippen LogP contribution in [0.4, 0.5) is 5.69 Å². The molecule has 0 aliphatic rings. The van der Waals surface area contributed by atoms with E-state index >= 15 is 0 Å². The molecule has 7 heteroatoms. The van der Waals surface area contributed by atoms with Crippen LogP contribution in [-0.2, 0) is 6.42 Å². The average molecular weight is 328 g/mol. The summed E-state index contributed by atoms with van der Waals surface area (Å²) in [6.45, 7) is 3.92. The molecule has 2 heterocycles. The topological polar surface area (TPSA) is 87.7 Å². The van der Waals surface area contributed by atoms with Crippen LogP contribution in [-0.4, -0.2) is 20.5 Å². The summed E-state index contributed by atoms with van der Waals surface area (Å²) < 4.78 is 3.86. The van der Waals surface area contributed by atoms with E-state index in [1.54, 1.807) is 12.1 Å². The lowest BCUT2D eigenvalue weighted by Gasteiger charge is -2.07. The fraction of sp³-hybridized carbons (Fsp3) is 0.250. The number of hydrogen-bond acceptors (Lipinski definition) is 5. The molecule has 0 bridgehead atoms. The van der Waals surface area contributed by atoms with E-state index < -0.39 is 0 Å². The number of carbonyl (C=O) groups excluding carboxylic acids is 1. The van der Waals surface area contributed by atoms with Crippen LogP contribution in [0.1, 0.15) is 34.3 Å². The van der Waals surface area contributed by atoms with Gasteiger partial charge in [-0.3, -0.25) is 9.59 Å². The number of pyridine rings is 1. The Morgan fingerprint density at radius 2 is 2.17 bits per heavy atom. The van der Waals surface area contributed by atoms with Crippen LogP contribution in [0.2, 0.25) is 0 Å². The zero-order chi connectivity index (χ0) is 16.4. The van der Waals surface area contributed by atoms with Crippen molar-refractivity contribution in [3.8, 4) is 0 Å². The van der Waals surface area contributed by atoms with Crippen molar-refractivity contribution in [2.75, 3.05) is 5.32 Å². The van der Waals surface area contributed by atoms with Gasteiger partial charge in [0.2, 0.25) is 5.56 Å². The van der Waals surface area contributed by atoms with Crippen molar-refractivity contribution >= 4 is 34.0 Å². The number of aromatic nitrogens is 3. The normalized spacial score (nSPS) is 10.9. The Hall–Kier alpha value is -2.54. The summed E-state index contributed by atoms with van der Waals surface area (Å²) in [7, 11) is 0. The first-order chi connectivity index (χ1) is 11.1. The zero-order valence-electron chi connectivity index (χ0n) is 12.8. The van der Waals surface area contributed by atoms with E-state index in [1.807, 2.05) is 26.0 Å². The van der Waals surface area contributed by atoms with Crippen molar-refractivity contribution in [3.63, 3.8) is 0 Å². The van der Waals surface area contributed by atoms with Crippen molar-refractivity contribution in [3.05, 3.63) is 50.8 Å². The summed E-state index contributed by atoms with van der Waals surface area (Å²) in [6.07, 6.45) is 1.63. The molecule has 2 aromatic heterocycles. The molecule has 6 nitrogen and oxygen atoms in total. The van der Waals surface area contributed by atoms with E-state index in [9.17, 15) is 9.59 Å². The van der Waals surface area contributed by atoms with Gasteiger partial charge in [-0.15, -0.1) is 5.10 Å². The first kappa shape index (κ1) is 15.4. The third-order valence-electron chi connectivity index (χ3n) is 3.56. The number of H-pyrrole nitrogens is 1. The molecule has 3 rings (SSSR count). The lowest BCUT2D eigenvalue weighted by Crippen LogP contribution is -2.13. The van der Waals surface area contributed by atoms with Crippen LogP contribution in [0.15, 0.2) is 29.1 Å². The van der Waals surface area contributed by atoms with Crippen molar-refractivity contribution in [2.45, 2.75) is 26.7 Å². The minimum Gasteiger partial charge on any atom is -0.322 e. The number of aromatic amines is 1. The van der Waals surface area contributed by atoms with Gasteiger partial charge in [-0.25, -0.2) is 0 Å². The molecule has 1 aromatic carbocycles. The Morgan fingerprint density at radius 1 is 1.35 bits per heavy atom. The standard InChI is InChI=1S/C16H16N4O2S/c1-3-4-12-15(23-20-19-12)16(22)17-10-5-6-11-9(2)7-14(21)18-13(11)8-10/h5-8H,3-4H2,1-2H3,(H,17,22)(H,18,21). The second-order valence-electron chi connectivity index (χ2n) is 5.33. The minimum absolute atomic E-state index is 0.157. The monoisotopic (exact) mass is 328 g/mol. The average Bonchev–Trinajstić information content (AvgIpc) is 2.95. The number of rotatable bonds is 4. The first-order valence-corrected chi connectivity index (χ1v) is 8.12. The minimum atomic E-state index is -0.224. The summed E-state index contributed by atoms with van der Waals surface area (Å²) in [5.74, 6) is -0.224. The molecule has 3 aromatic rings. The third kappa shape index (κ3) is 3.14. The number of carbonyl (C=O) groups is 1.